The Morgan fingerprint density at radius 1 is 1.07 bits per heavy atom. The molecule has 5 nitrogen and oxygen atoms in total. The number of ether oxygens (including phenoxy) is 1. The molecule has 0 saturated carbocycles. The molecule has 0 heterocycles. The summed E-state index contributed by atoms with van der Waals surface area (Å²) in [4.78, 5) is 26.3. The first-order valence-corrected chi connectivity index (χ1v) is 9.35. The maximum atomic E-state index is 12.4. The molecule has 2 aromatic carbocycles. The number of nitrogens with one attached hydrogen (secondary N) is 1. The first-order valence-electron chi connectivity index (χ1n) is 8.98. The van der Waals surface area contributed by atoms with Gasteiger partial charge in [0.2, 0.25) is 5.91 Å². The third kappa shape index (κ3) is 6.61. The molecule has 2 amide bonds. The number of benzene rings is 2. The van der Waals surface area contributed by atoms with E-state index in [1.165, 1.54) is 0 Å². The number of halogens is 1. The average molecular weight is 389 g/mol. The van der Waals surface area contributed by atoms with Crippen molar-refractivity contribution in [3.8, 4) is 5.75 Å². The van der Waals surface area contributed by atoms with Gasteiger partial charge in [-0.25, -0.2) is 0 Å². The molecule has 0 spiro atoms. The summed E-state index contributed by atoms with van der Waals surface area (Å²) in [5.74, 6) is 0.711. The van der Waals surface area contributed by atoms with Crippen LogP contribution in [0.4, 0.5) is 0 Å². The number of carbonyl (C=O) groups is 2. The van der Waals surface area contributed by atoms with Crippen LogP contribution in [-0.2, 0) is 11.3 Å². The number of hydrogen-bond acceptors (Lipinski definition) is 3. The molecule has 0 aliphatic heterocycles. The second-order valence-corrected chi connectivity index (χ2v) is 6.56. The van der Waals surface area contributed by atoms with Gasteiger partial charge in [0.05, 0.1) is 7.11 Å². The van der Waals surface area contributed by atoms with Gasteiger partial charge in [0, 0.05) is 36.6 Å². The number of nitrogens with zero attached hydrogens (tertiary/aromatic N) is 1. The average Bonchev–Trinajstić information content (AvgIpc) is 2.70. The Balaban J connectivity index is 1.75. The zero-order valence-electron chi connectivity index (χ0n) is 15.7. The second-order valence-electron chi connectivity index (χ2n) is 6.12. The molecule has 144 valence electrons. The van der Waals surface area contributed by atoms with Crippen molar-refractivity contribution < 1.29 is 14.3 Å². The smallest absolute Gasteiger partial charge is 0.251 e. The zero-order chi connectivity index (χ0) is 19.6. The van der Waals surface area contributed by atoms with Gasteiger partial charge in [0.25, 0.3) is 5.91 Å². The van der Waals surface area contributed by atoms with Crippen molar-refractivity contribution in [2.24, 2.45) is 0 Å². The largest absolute Gasteiger partial charge is 0.497 e. The van der Waals surface area contributed by atoms with Crippen molar-refractivity contribution in [2.75, 3.05) is 20.2 Å². The van der Waals surface area contributed by atoms with Crippen LogP contribution in [0, 0.1) is 0 Å². The van der Waals surface area contributed by atoms with Crippen molar-refractivity contribution in [1.82, 2.24) is 10.2 Å². The van der Waals surface area contributed by atoms with Crippen molar-refractivity contribution in [2.45, 2.75) is 26.3 Å². The number of rotatable bonds is 9. The van der Waals surface area contributed by atoms with Crippen molar-refractivity contribution >= 4 is 23.4 Å². The molecule has 1 N–H and O–H groups in total. The monoisotopic (exact) mass is 388 g/mol. The molecule has 0 bridgehead atoms. The second kappa shape index (κ2) is 10.6. The Hall–Kier alpha value is -2.53. The van der Waals surface area contributed by atoms with E-state index >= 15 is 0 Å². The number of amides is 2. The minimum absolute atomic E-state index is 0.0778. The van der Waals surface area contributed by atoms with E-state index in [2.05, 4.69) is 5.32 Å². The lowest BCUT2D eigenvalue weighted by atomic mass is 10.2. The summed E-state index contributed by atoms with van der Waals surface area (Å²) in [7, 11) is 1.63. The number of carbonyl (C=O) groups excluding carboxylic acids is 2. The van der Waals surface area contributed by atoms with Gasteiger partial charge in [0.1, 0.15) is 5.75 Å². The van der Waals surface area contributed by atoms with Gasteiger partial charge >= 0.3 is 0 Å². The molecular weight excluding hydrogens is 364 g/mol. The topological polar surface area (TPSA) is 58.6 Å². The first kappa shape index (κ1) is 20.8. The van der Waals surface area contributed by atoms with Crippen LogP contribution >= 0.6 is 11.6 Å². The van der Waals surface area contributed by atoms with Gasteiger partial charge in [-0.05, 0) is 55.3 Å². The Bertz CT molecular complexity index is 745. The van der Waals surface area contributed by atoms with E-state index in [0.29, 0.717) is 43.1 Å². The Labute approximate surface area is 165 Å². The molecule has 0 unspecified atom stereocenters. The van der Waals surface area contributed by atoms with Gasteiger partial charge in [-0.1, -0.05) is 23.7 Å². The van der Waals surface area contributed by atoms with Crippen LogP contribution < -0.4 is 10.1 Å². The number of hydrogen-bond donors (Lipinski definition) is 1. The fraction of sp³-hybridized carbons (Fsp3) is 0.333. The molecule has 0 aliphatic carbocycles. The van der Waals surface area contributed by atoms with Crippen LogP contribution in [-0.4, -0.2) is 36.9 Å². The maximum Gasteiger partial charge on any atom is 0.251 e. The summed E-state index contributed by atoms with van der Waals surface area (Å²) < 4.78 is 5.15. The summed E-state index contributed by atoms with van der Waals surface area (Å²) in [5.41, 5.74) is 1.61. The Morgan fingerprint density at radius 3 is 2.33 bits per heavy atom. The van der Waals surface area contributed by atoms with Crippen LogP contribution in [0.2, 0.25) is 5.02 Å². The van der Waals surface area contributed by atoms with Crippen molar-refractivity contribution in [3.05, 3.63) is 64.7 Å². The third-order valence-electron chi connectivity index (χ3n) is 4.23. The normalized spacial score (nSPS) is 10.3. The minimum Gasteiger partial charge on any atom is -0.497 e. The summed E-state index contributed by atoms with van der Waals surface area (Å²) in [5, 5.41) is 3.42. The number of methoxy groups -OCH3 is 1. The molecule has 2 rings (SSSR count). The Kier molecular flexibility index (Phi) is 8.14. The molecule has 6 heteroatoms. The quantitative estimate of drug-likeness (QED) is 0.662. The van der Waals surface area contributed by atoms with Crippen LogP contribution in [0.25, 0.3) is 0 Å². The zero-order valence-corrected chi connectivity index (χ0v) is 16.5. The highest BCUT2D eigenvalue weighted by Gasteiger charge is 2.12. The molecular formula is C21H25ClN2O3. The van der Waals surface area contributed by atoms with E-state index < -0.39 is 0 Å². The molecule has 0 atom stereocenters. The lowest BCUT2D eigenvalue weighted by Gasteiger charge is -2.21. The van der Waals surface area contributed by atoms with E-state index in [0.717, 1.165) is 11.3 Å². The van der Waals surface area contributed by atoms with E-state index in [4.69, 9.17) is 16.3 Å². The lowest BCUT2D eigenvalue weighted by molar-refractivity contribution is -0.131. The maximum absolute atomic E-state index is 12.4. The van der Waals surface area contributed by atoms with Crippen molar-refractivity contribution in [3.63, 3.8) is 0 Å². The highest BCUT2D eigenvalue weighted by Crippen LogP contribution is 2.14. The lowest BCUT2D eigenvalue weighted by Crippen LogP contribution is -2.31. The van der Waals surface area contributed by atoms with Crippen LogP contribution in [0.3, 0.4) is 0 Å². The summed E-state index contributed by atoms with van der Waals surface area (Å²) in [6, 6.07) is 14.4. The third-order valence-corrected chi connectivity index (χ3v) is 4.48. The van der Waals surface area contributed by atoms with E-state index in [9.17, 15) is 9.59 Å². The highest BCUT2D eigenvalue weighted by molar-refractivity contribution is 6.30. The van der Waals surface area contributed by atoms with Gasteiger partial charge in [-0.2, -0.15) is 0 Å². The van der Waals surface area contributed by atoms with Gasteiger partial charge in [0.15, 0.2) is 0 Å². The molecule has 0 radical (unpaired) electrons. The molecule has 2 aromatic rings. The van der Waals surface area contributed by atoms with Crippen molar-refractivity contribution in [1.29, 1.82) is 0 Å². The SMILES string of the molecule is CCN(Cc1ccc(OC)cc1)C(=O)CCCNC(=O)c1ccc(Cl)cc1. The van der Waals surface area contributed by atoms with Gasteiger partial charge in [-0.3, -0.25) is 9.59 Å². The standard InChI is InChI=1S/C21H25ClN2O3/c1-3-24(15-16-6-12-19(27-2)13-7-16)20(25)5-4-14-23-21(26)17-8-10-18(22)11-9-17/h6-13H,3-5,14-15H2,1-2H3,(H,23,26). The molecule has 0 fully saturated rings. The van der Waals surface area contributed by atoms with E-state index in [1.54, 1.807) is 31.4 Å². The fourth-order valence-corrected chi connectivity index (χ4v) is 2.76. The van der Waals surface area contributed by atoms with E-state index in [-0.39, 0.29) is 11.8 Å². The van der Waals surface area contributed by atoms with Crippen LogP contribution in [0.15, 0.2) is 48.5 Å². The predicted octanol–water partition coefficient (Wildman–Crippen LogP) is 3.91. The molecule has 0 saturated heterocycles. The highest BCUT2D eigenvalue weighted by atomic mass is 35.5. The summed E-state index contributed by atoms with van der Waals surface area (Å²) >= 11 is 5.81. The Morgan fingerprint density at radius 2 is 1.74 bits per heavy atom. The van der Waals surface area contributed by atoms with E-state index in [1.807, 2.05) is 36.1 Å². The fourth-order valence-electron chi connectivity index (χ4n) is 2.63. The summed E-state index contributed by atoms with van der Waals surface area (Å²) in [6.07, 6.45) is 0.988. The molecule has 0 aromatic heterocycles. The van der Waals surface area contributed by atoms with Gasteiger partial charge in [-0.15, -0.1) is 0 Å². The van der Waals surface area contributed by atoms with Gasteiger partial charge < -0.3 is 15.0 Å². The minimum atomic E-state index is -0.162. The molecule has 27 heavy (non-hydrogen) atoms. The predicted molar refractivity (Wildman–Crippen MR) is 107 cm³/mol. The molecule has 0 aliphatic rings. The van der Waals surface area contributed by atoms with Crippen LogP contribution in [0.5, 0.6) is 5.75 Å². The van der Waals surface area contributed by atoms with Crippen LogP contribution in [0.1, 0.15) is 35.7 Å². The summed E-state index contributed by atoms with van der Waals surface area (Å²) in [6.45, 7) is 3.62. The first-order chi connectivity index (χ1) is 13.0.